The predicted molar refractivity (Wildman–Crippen MR) is 64.0 cm³/mol. The van der Waals surface area contributed by atoms with Gasteiger partial charge in [-0.15, -0.1) is 0 Å². The standard InChI is InChI=1S/C12H20F2N2O3/c13-12(14)8-15(4-5-19-9-12)6-10(17)7-16-3-1-2-11(16)18/h10,17H,1-9H2. The van der Waals surface area contributed by atoms with Crippen molar-refractivity contribution in [3.8, 4) is 0 Å². The van der Waals surface area contributed by atoms with Crippen LogP contribution < -0.4 is 0 Å². The maximum atomic E-state index is 13.3. The molecule has 2 saturated heterocycles. The molecule has 0 aromatic carbocycles. The van der Waals surface area contributed by atoms with E-state index in [-0.39, 0.29) is 25.6 Å². The normalized spacial score (nSPS) is 26.5. The number of alkyl halides is 2. The second kappa shape index (κ2) is 6.11. The van der Waals surface area contributed by atoms with Gasteiger partial charge in [0.15, 0.2) is 0 Å². The van der Waals surface area contributed by atoms with E-state index in [4.69, 9.17) is 4.74 Å². The van der Waals surface area contributed by atoms with Gasteiger partial charge in [0.1, 0.15) is 6.61 Å². The molecule has 1 N–H and O–H groups in total. The third-order valence-electron chi connectivity index (χ3n) is 3.39. The van der Waals surface area contributed by atoms with Crippen LogP contribution in [0.1, 0.15) is 12.8 Å². The van der Waals surface area contributed by atoms with Gasteiger partial charge in [-0.1, -0.05) is 0 Å². The molecule has 1 amide bonds. The van der Waals surface area contributed by atoms with Gasteiger partial charge in [-0.05, 0) is 6.42 Å². The van der Waals surface area contributed by atoms with Gasteiger partial charge in [0.25, 0.3) is 5.92 Å². The number of ether oxygens (including phenoxy) is 1. The van der Waals surface area contributed by atoms with Crippen molar-refractivity contribution in [2.75, 3.05) is 45.9 Å². The average molecular weight is 278 g/mol. The molecule has 1 unspecified atom stereocenters. The largest absolute Gasteiger partial charge is 0.390 e. The molecule has 2 aliphatic rings. The minimum Gasteiger partial charge on any atom is -0.390 e. The van der Waals surface area contributed by atoms with E-state index in [2.05, 4.69) is 0 Å². The molecule has 0 aromatic rings. The molecule has 110 valence electrons. The van der Waals surface area contributed by atoms with Crippen molar-refractivity contribution in [1.82, 2.24) is 9.80 Å². The van der Waals surface area contributed by atoms with E-state index in [1.54, 1.807) is 4.90 Å². The van der Waals surface area contributed by atoms with Gasteiger partial charge in [0, 0.05) is 32.6 Å². The van der Waals surface area contributed by atoms with E-state index in [9.17, 15) is 18.7 Å². The van der Waals surface area contributed by atoms with Crippen molar-refractivity contribution in [1.29, 1.82) is 0 Å². The van der Waals surface area contributed by atoms with Gasteiger partial charge in [0.05, 0.1) is 19.3 Å². The zero-order valence-corrected chi connectivity index (χ0v) is 10.9. The quantitative estimate of drug-likeness (QED) is 0.782. The van der Waals surface area contributed by atoms with Crippen LogP contribution in [0.25, 0.3) is 0 Å². The number of β-amino-alcohol motifs (C(OH)–C–C–N with tert-alkyl or cyclic N) is 1. The summed E-state index contributed by atoms with van der Waals surface area (Å²) in [5, 5.41) is 9.92. The van der Waals surface area contributed by atoms with Crippen LogP contribution in [-0.2, 0) is 9.53 Å². The summed E-state index contributed by atoms with van der Waals surface area (Å²) in [6.45, 7) is 0.660. The number of carbonyl (C=O) groups is 1. The molecule has 0 spiro atoms. The highest BCUT2D eigenvalue weighted by molar-refractivity contribution is 5.78. The summed E-state index contributed by atoms with van der Waals surface area (Å²) >= 11 is 0. The fraction of sp³-hybridized carbons (Fsp3) is 0.917. The number of likely N-dealkylation sites (tertiary alicyclic amines) is 1. The lowest BCUT2D eigenvalue weighted by Crippen LogP contribution is -2.44. The highest BCUT2D eigenvalue weighted by atomic mass is 19.3. The van der Waals surface area contributed by atoms with Crippen LogP contribution in [0.3, 0.4) is 0 Å². The zero-order chi connectivity index (χ0) is 13.9. The summed E-state index contributed by atoms with van der Waals surface area (Å²) in [7, 11) is 0. The van der Waals surface area contributed by atoms with Crippen molar-refractivity contribution in [3.05, 3.63) is 0 Å². The maximum Gasteiger partial charge on any atom is 0.283 e. The maximum absolute atomic E-state index is 13.3. The number of hydrogen-bond donors (Lipinski definition) is 1. The van der Waals surface area contributed by atoms with E-state index in [1.807, 2.05) is 0 Å². The first-order chi connectivity index (χ1) is 8.96. The molecule has 5 nitrogen and oxygen atoms in total. The highest BCUT2D eigenvalue weighted by Crippen LogP contribution is 2.19. The molecule has 2 rings (SSSR count). The number of aliphatic hydroxyl groups is 1. The molecule has 0 saturated carbocycles. The molecular formula is C12H20F2N2O3. The average Bonchev–Trinajstić information content (AvgIpc) is 2.61. The van der Waals surface area contributed by atoms with E-state index >= 15 is 0 Å². The van der Waals surface area contributed by atoms with Crippen molar-refractivity contribution in [2.24, 2.45) is 0 Å². The number of rotatable bonds is 4. The summed E-state index contributed by atoms with van der Waals surface area (Å²) in [5.74, 6) is -2.84. The molecule has 0 aliphatic carbocycles. The lowest BCUT2D eigenvalue weighted by Gasteiger charge is -2.27. The Morgan fingerprint density at radius 2 is 2.16 bits per heavy atom. The molecular weight excluding hydrogens is 258 g/mol. The smallest absolute Gasteiger partial charge is 0.283 e. The molecule has 19 heavy (non-hydrogen) atoms. The Bertz CT molecular complexity index is 328. The van der Waals surface area contributed by atoms with E-state index in [0.29, 0.717) is 19.5 Å². The van der Waals surface area contributed by atoms with Gasteiger partial charge >= 0.3 is 0 Å². The first kappa shape index (κ1) is 14.6. The second-order valence-electron chi connectivity index (χ2n) is 5.24. The zero-order valence-electron chi connectivity index (χ0n) is 10.9. The Kier molecular flexibility index (Phi) is 4.70. The number of carbonyl (C=O) groups excluding carboxylic acids is 1. The number of nitrogens with zero attached hydrogens (tertiary/aromatic N) is 2. The summed E-state index contributed by atoms with van der Waals surface area (Å²) in [4.78, 5) is 14.5. The molecule has 2 heterocycles. The highest BCUT2D eigenvalue weighted by Gasteiger charge is 2.35. The predicted octanol–water partition coefficient (Wildman–Crippen LogP) is -0.0628. The van der Waals surface area contributed by atoms with Crippen molar-refractivity contribution in [3.63, 3.8) is 0 Å². The minimum atomic E-state index is -2.88. The van der Waals surface area contributed by atoms with Crippen LogP contribution >= 0.6 is 0 Å². The topological polar surface area (TPSA) is 53.0 Å². The number of hydrogen-bond acceptors (Lipinski definition) is 4. The van der Waals surface area contributed by atoms with Crippen LogP contribution in [0.4, 0.5) is 8.78 Å². The van der Waals surface area contributed by atoms with Crippen molar-refractivity contribution in [2.45, 2.75) is 24.9 Å². The van der Waals surface area contributed by atoms with E-state index in [0.717, 1.165) is 6.42 Å². The lowest BCUT2D eigenvalue weighted by molar-refractivity contribution is -0.129. The number of halogens is 2. The lowest BCUT2D eigenvalue weighted by atomic mass is 10.2. The fourth-order valence-corrected chi connectivity index (χ4v) is 2.53. The third kappa shape index (κ3) is 4.36. The molecule has 7 heteroatoms. The number of amides is 1. The Morgan fingerprint density at radius 1 is 1.37 bits per heavy atom. The summed E-state index contributed by atoms with van der Waals surface area (Å²) in [6, 6.07) is 0. The van der Waals surface area contributed by atoms with E-state index in [1.165, 1.54) is 4.90 Å². The van der Waals surface area contributed by atoms with Gasteiger partial charge in [-0.3, -0.25) is 9.69 Å². The number of aliphatic hydroxyl groups excluding tert-OH is 1. The van der Waals surface area contributed by atoms with Crippen molar-refractivity contribution >= 4 is 5.91 Å². The van der Waals surface area contributed by atoms with Gasteiger partial charge in [-0.2, -0.15) is 0 Å². The molecule has 0 aromatic heterocycles. The molecule has 2 aliphatic heterocycles. The second-order valence-corrected chi connectivity index (χ2v) is 5.24. The van der Waals surface area contributed by atoms with Gasteiger partial charge < -0.3 is 14.7 Å². The van der Waals surface area contributed by atoms with Crippen LogP contribution in [0, 0.1) is 0 Å². The summed E-state index contributed by atoms with van der Waals surface area (Å²) in [5.41, 5.74) is 0. The van der Waals surface area contributed by atoms with Gasteiger partial charge in [0.2, 0.25) is 5.91 Å². The van der Waals surface area contributed by atoms with Gasteiger partial charge in [-0.25, -0.2) is 8.78 Å². The summed E-state index contributed by atoms with van der Waals surface area (Å²) < 4.78 is 31.5. The molecule has 1 atom stereocenters. The molecule has 2 fully saturated rings. The first-order valence-corrected chi connectivity index (χ1v) is 6.60. The van der Waals surface area contributed by atoms with Crippen LogP contribution in [0.5, 0.6) is 0 Å². The third-order valence-corrected chi connectivity index (χ3v) is 3.39. The Labute approximate surface area is 111 Å². The van der Waals surface area contributed by atoms with Crippen LogP contribution in [0.15, 0.2) is 0 Å². The summed E-state index contributed by atoms with van der Waals surface area (Å²) in [6.07, 6.45) is 0.528. The first-order valence-electron chi connectivity index (χ1n) is 6.60. The van der Waals surface area contributed by atoms with Crippen LogP contribution in [-0.4, -0.2) is 78.8 Å². The monoisotopic (exact) mass is 278 g/mol. The Morgan fingerprint density at radius 3 is 2.84 bits per heavy atom. The fourth-order valence-electron chi connectivity index (χ4n) is 2.53. The van der Waals surface area contributed by atoms with Crippen LogP contribution in [0.2, 0.25) is 0 Å². The minimum absolute atomic E-state index is 0.0311. The van der Waals surface area contributed by atoms with E-state index < -0.39 is 25.2 Å². The SMILES string of the molecule is O=C1CCCN1CC(O)CN1CCOCC(F)(F)C1. The Hall–Kier alpha value is -0.790. The van der Waals surface area contributed by atoms with Crippen molar-refractivity contribution < 1.29 is 23.4 Å². The molecule has 0 radical (unpaired) electrons. The Balaban J connectivity index is 1.80. The molecule has 0 bridgehead atoms.